The summed E-state index contributed by atoms with van der Waals surface area (Å²) in [4.78, 5) is 10.9. The van der Waals surface area contributed by atoms with E-state index in [4.69, 9.17) is 0 Å². The molecule has 0 bridgehead atoms. The molecule has 1 aromatic rings. The van der Waals surface area contributed by atoms with Crippen molar-refractivity contribution in [1.29, 1.82) is 0 Å². The maximum absolute atomic E-state index is 10.9. The van der Waals surface area contributed by atoms with Crippen molar-refractivity contribution in [2.24, 2.45) is 0 Å². The van der Waals surface area contributed by atoms with Gasteiger partial charge in [0.25, 0.3) is 0 Å². The molecule has 0 aliphatic rings. The van der Waals surface area contributed by atoms with Crippen LogP contribution >= 0.6 is 11.3 Å². The summed E-state index contributed by atoms with van der Waals surface area (Å²) < 4.78 is 0. The Bertz CT molecular complexity index is 213. The second kappa shape index (κ2) is 4.29. The van der Waals surface area contributed by atoms with Crippen molar-refractivity contribution in [3.8, 4) is 0 Å². The van der Waals surface area contributed by atoms with E-state index in [1.165, 1.54) is 5.56 Å². The topological polar surface area (TPSA) is 17.1 Å². The fourth-order valence-corrected chi connectivity index (χ4v) is 1.60. The van der Waals surface area contributed by atoms with Gasteiger partial charge in [-0.15, -0.1) is 0 Å². The molecule has 1 heterocycles. The average Bonchev–Trinajstić information content (AvgIpc) is 2.52. The second-order valence-electron chi connectivity index (χ2n) is 2.52. The van der Waals surface area contributed by atoms with Crippen molar-refractivity contribution in [2.75, 3.05) is 0 Å². The van der Waals surface area contributed by atoms with Gasteiger partial charge in [-0.25, -0.2) is 0 Å². The zero-order valence-electron chi connectivity index (χ0n) is 6.67. The van der Waals surface area contributed by atoms with Crippen molar-refractivity contribution in [3.63, 3.8) is 0 Å². The lowest BCUT2D eigenvalue weighted by atomic mass is 10.1. The van der Waals surface area contributed by atoms with Crippen molar-refractivity contribution < 1.29 is 4.79 Å². The molecule has 0 unspecified atom stereocenters. The van der Waals surface area contributed by atoms with Crippen molar-refractivity contribution in [1.82, 2.24) is 0 Å². The Kier molecular flexibility index (Phi) is 3.30. The van der Waals surface area contributed by atoms with Crippen molar-refractivity contribution >= 4 is 17.1 Å². The maximum Gasteiger partial charge on any atom is 0.132 e. The molecule has 0 N–H and O–H groups in total. The lowest BCUT2D eigenvalue weighted by Gasteiger charge is -1.94. The van der Waals surface area contributed by atoms with Gasteiger partial charge in [0.2, 0.25) is 0 Å². The summed E-state index contributed by atoms with van der Waals surface area (Å²) in [6.07, 6.45) is 2.29. The molecular weight excluding hydrogens is 156 g/mol. The molecule has 1 aromatic heterocycles. The SMILES string of the molecule is CCC(=O)CCc1ccsc1. The van der Waals surface area contributed by atoms with Crippen LogP contribution in [0.25, 0.3) is 0 Å². The third kappa shape index (κ3) is 2.85. The lowest BCUT2D eigenvalue weighted by Crippen LogP contribution is -1.96. The molecule has 2 heteroatoms. The number of hydrogen-bond acceptors (Lipinski definition) is 2. The summed E-state index contributed by atoms with van der Waals surface area (Å²) >= 11 is 1.69. The quantitative estimate of drug-likeness (QED) is 0.675. The van der Waals surface area contributed by atoms with Crippen LogP contribution < -0.4 is 0 Å². The molecule has 0 fully saturated rings. The van der Waals surface area contributed by atoms with E-state index in [2.05, 4.69) is 11.4 Å². The zero-order chi connectivity index (χ0) is 8.10. The Morgan fingerprint density at radius 2 is 2.45 bits per heavy atom. The van der Waals surface area contributed by atoms with Crippen LogP contribution in [0.2, 0.25) is 0 Å². The first kappa shape index (κ1) is 8.47. The number of rotatable bonds is 4. The molecule has 60 valence electrons. The minimum absolute atomic E-state index is 0.358. The van der Waals surface area contributed by atoms with Crippen molar-refractivity contribution in [2.45, 2.75) is 26.2 Å². The van der Waals surface area contributed by atoms with Gasteiger partial charge in [-0.2, -0.15) is 11.3 Å². The third-order valence-electron chi connectivity index (χ3n) is 1.67. The number of aryl methyl sites for hydroxylation is 1. The molecule has 0 saturated carbocycles. The summed E-state index contributed by atoms with van der Waals surface area (Å²) in [5, 5.41) is 4.15. The first-order valence-corrected chi connectivity index (χ1v) is 4.80. The fraction of sp³-hybridized carbons (Fsp3) is 0.444. The summed E-state index contributed by atoms with van der Waals surface area (Å²) in [7, 11) is 0. The van der Waals surface area contributed by atoms with Gasteiger partial charge >= 0.3 is 0 Å². The highest BCUT2D eigenvalue weighted by molar-refractivity contribution is 7.07. The number of carbonyl (C=O) groups is 1. The van der Waals surface area contributed by atoms with E-state index in [1.807, 2.05) is 12.3 Å². The Morgan fingerprint density at radius 1 is 1.64 bits per heavy atom. The number of thiophene rings is 1. The molecule has 0 aromatic carbocycles. The molecule has 0 saturated heterocycles. The van der Waals surface area contributed by atoms with Gasteiger partial charge in [-0.1, -0.05) is 6.92 Å². The molecule has 0 spiro atoms. The van der Waals surface area contributed by atoms with Gasteiger partial charge < -0.3 is 0 Å². The van der Waals surface area contributed by atoms with E-state index >= 15 is 0 Å². The highest BCUT2D eigenvalue weighted by atomic mass is 32.1. The molecule has 0 atom stereocenters. The molecule has 11 heavy (non-hydrogen) atoms. The molecule has 0 radical (unpaired) electrons. The van der Waals surface area contributed by atoms with Crippen LogP contribution in [-0.4, -0.2) is 5.78 Å². The van der Waals surface area contributed by atoms with E-state index in [9.17, 15) is 4.79 Å². The molecule has 0 aliphatic heterocycles. The van der Waals surface area contributed by atoms with Gasteiger partial charge in [0.05, 0.1) is 0 Å². The smallest absolute Gasteiger partial charge is 0.132 e. The molecule has 1 rings (SSSR count). The van der Waals surface area contributed by atoms with E-state index in [1.54, 1.807) is 11.3 Å². The lowest BCUT2D eigenvalue weighted by molar-refractivity contribution is -0.118. The minimum Gasteiger partial charge on any atom is -0.300 e. The molecule has 0 aliphatic carbocycles. The van der Waals surface area contributed by atoms with E-state index in [0.717, 1.165) is 6.42 Å². The van der Waals surface area contributed by atoms with Gasteiger partial charge in [0.15, 0.2) is 0 Å². The van der Waals surface area contributed by atoms with Gasteiger partial charge in [0, 0.05) is 12.8 Å². The normalized spacial score (nSPS) is 9.91. The van der Waals surface area contributed by atoms with E-state index < -0.39 is 0 Å². The molecule has 0 amide bonds. The van der Waals surface area contributed by atoms with E-state index in [0.29, 0.717) is 18.6 Å². The summed E-state index contributed by atoms with van der Waals surface area (Å²) in [5.74, 6) is 0.358. The first-order valence-electron chi connectivity index (χ1n) is 3.85. The van der Waals surface area contributed by atoms with Gasteiger partial charge in [-0.3, -0.25) is 4.79 Å². The van der Waals surface area contributed by atoms with Gasteiger partial charge in [-0.05, 0) is 28.8 Å². The summed E-state index contributed by atoms with van der Waals surface area (Å²) in [6.45, 7) is 1.91. The third-order valence-corrected chi connectivity index (χ3v) is 2.40. The van der Waals surface area contributed by atoms with Crippen LogP contribution in [0, 0.1) is 0 Å². The number of hydrogen-bond donors (Lipinski definition) is 0. The zero-order valence-corrected chi connectivity index (χ0v) is 7.49. The Balaban J connectivity index is 2.29. The van der Waals surface area contributed by atoms with Crippen LogP contribution in [0.4, 0.5) is 0 Å². The predicted octanol–water partition coefficient (Wildman–Crippen LogP) is 2.66. The average molecular weight is 168 g/mol. The van der Waals surface area contributed by atoms with Gasteiger partial charge in [0.1, 0.15) is 5.78 Å². The minimum atomic E-state index is 0.358. The second-order valence-corrected chi connectivity index (χ2v) is 3.30. The fourth-order valence-electron chi connectivity index (χ4n) is 0.895. The summed E-state index contributed by atoms with van der Waals surface area (Å²) in [5.41, 5.74) is 1.29. The van der Waals surface area contributed by atoms with E-state index in [-0.39, 0.29) is 0 Å². The monoisotopic (exact) mass is 168 g/mol. The Morgan fingerprint density at radius 3 is 3.00 bits per heavy atom. The Hall–Kier alpha value is -0.630. The molecule has 1 nitrogen and oxygen atoms in total. The highest BCUT2D eigenvalue weighted by Gasteiger charge is 1.98. The maximum atomic E-state index is 10.9. The largest absolute Gasteiger partial charge is 0.300 e. The van der Waals surface area contributed by atoms with Crippen LogP contribution in [0.1, 0.15) is 25.3 Å². The Labute approximate surface area is 71.1 Å². The van der Waals surface area contributed by atoms with Crippen molar-refractivity contribution in [3.05, 3.63) is 22.4 Å². The van der Waals surface area contributed by atoms with Crippen LogP contribution in [0.15, 0.2) is 16.8 Å². The number of ketones is 1. The first-order chi connectivity index (χ1) is 5.33. The number of Topliss-reactive ketones (excluding diaryl/α,β-unsaturated/α-hetero) is 1. The van der Waals surface area contributed by atoms with Crippen LogP contribution in [0.3, 0.4) is 0 Å². The summed E-state index contributed by atoms with van der Waals surface area (Å²) in [6, 6.07) is 2.08. The predicted molar refractivity (Wildman–Crippen MR) is 47.9 cm³/mol. The number of carbonyl (C=O) groups excluding carboxylic acids is 1. The standard InChI is InChI=1S/C9H12OS/c1-2-9(10)4-3-8-5-6-11-7-8/h5-7H,2-4H2,1H3. The van der Waals surface area contributed by atoms with Crippen LogP contribution in [0.5, 0.6) is 0 Å². The van der Waals surface area contributed by atoms with Crippen LogP contribution in [-0.2, 0) is 11.2 Å². The highest BCUT2D eigenvalue weighted by Crippen LogP contribution is 2.08. The molecular formula is C9H12OS.